The van der Waals surface area contributed by atoms with Crippen molar-refractivity contribution in [1.29, 1.82) is 0 Å². The summed E-state index contributed by atoms with van der Waals surface area (Å²) in [4.78, 5) is 9.63. The summed E-state index contributed by atoms with van der Waals surface area (Å²) in [6.45, 7) is 3.81. The first-order chi connectivity index (χ1) is 4.66. The van der Waals surface area contributed by atoms with Gasteiger partial charge in [0.1, 0.15) is 0 Å². The Morgan fingerprint density at radius 1 is 1.60 bits per heavy atom. The lowest BCUT2D eigenvalue weighted by Gasteiger charge is -2.06. The molecular weight excluding hydrogens is 164 g/mol. The Kier molecular flexibility index (Phi) is 5.86. The van der Waals surface area contributed by atoms with Crippen LogP contribution in [-0.2, 0) is 9.78 Å². The van der Waals surface area contributed by atoms with Crippen LogP contribution in [0.1, 0.15) is 20.3 Å². The lowest BCUT2D eigenvalue weighted by Crippen LogP contribution is -2.08. The second kappa shape index (κ2) is 5.82. The molecule has 60 valence electrons. The van der Waals surface area contributed by atoms with E-state index < -0.39 is 0 Å². The smallest absolute Gasteiger partial charge is 0.205 e. The zero-order valence-corrected chi connectivity index (χ0v) is 9.53. The molecule has 0 bridgehead atoms. The summed E-state index contributed by atoms with van der Waals surface area (Å²) >= 11 is 4.85. The quantitative estimate of drug-likeness (QED) is 0.275. The van der Waals surface area contributed by atoms with Crippen LogP contribution in [0.3, 0.4) is 0 Å². The molecule has 0 N–H and O–H groups in total. The summed E-state index contributed by atoms with van der Waals surface area (Å²) in [5.41, 5.74) is 0. The van der Waals surface area contributed by atoms with E-state index in [9.17, 15) is 0 Å². The minimum atomic E-state index is 0.0899. The first kappa shape index (κ1) is 10.1. The van der Waals surface area contributed by atoms with Crippen LogP contribution < -0.4 is 0 Å². The maximum atomic E-state index is 4.85. The van der Waals surface area contributed by atoms with Gasteiger partial charge in [-0.05, 0) is 26.1 Å². The first-order valence-corrected chi connectivity index (χ1v) is 5.35. The van der Waals surface area contributed by atoms with Crippen molar-refractivity contribution in [2.45, 2.75) is 32.4 Å². The molecule has 0 radical (unpaired) electrons. The van der Waals surface area contributed by atoms with E-state index in [4.69, 9.17) is 22.0 Å². The molecule has 0 aliphatic carbocycles. The standard InChI is InChI=1S/C6H14O2SSi/c1-5(2)7-8-6(9)3-4-10/h5H,3-4H2,1-2,10H3. The predicted octanol–water partition coefficient (Wildman–Crippen LogP) is 0.844. The van der Waals surface area contributed by atoms with Gasteiger partial charge in [-0.3, -0.25) is 0 Å². The Hall–Kier alpha value is 0.0669. The van der Waals surface area contributed by atoms with Crippen LogP contribution >= 0.6 is 12.2 Å². The van der Waals surface area contributed by atoms with Crippen LogP contribution in [0.5, 0.6) is 0 Å². The Morgan fingerprint density at radius 3 is 2.60 bits per heavy atom. The SMILES string of the molecule is CC(C)OOC(=S)CC[SiH3]. The van der Waals surface area contributed by atoms with Gasteiger partial charge in [-0.25, -0.2) is 0 Å². The molecule has 0 rings (SSSR count). The van der Waals surface area contributed by atoms with Crippen LogP contribution in [0.2, 0.25) is 6.04 Å². The summed E-state index contributed by atoms with van der Waals surface area (Å²) in [7, 11) is 1.17. The Morgan fingerprint density at radius 2 is 2.20 bits per heavy atom. The molecule has 0 atom stereocenters. The lowest BCUT2D eigenvalue weighted by molar-refractivity contribution is -0.248. The van der Waals surface area contributed by atoms with Crippen LogP contribution in [0.25, 0.3) is 0 Å². The largest absolute Gasteiger partial charge is 0.330 e. The predicted molar refractivity (Wildman–Crippen MR) is 49.3 cm³/mol. The fourth-order valence-corrected chi connectivity index (χ4v) is 1.46. The molecule has 0 unspecified atom stereocenters. The third kappa shape index (κ3) is 6.19. The van der Waals surface area contributed by atoms with E-state index in [1.54, 1.807) is 0 Å². The van der Waals surface area contributed by atoms with E-state index in [1.165, 1.54) is 10.2 Å². The molecule has 0 saturated carbocycles. The third-order valence-electron chi connectivity index (χ3n) is 0.788. The summed E-state index contributed by atoms with van der Waals surface area (Å²) in [6.07, 6.45) is 0.945. The zero-order valence-electron chi connectivity index (χ0n) is 6.72. The van der Waals surface area contributed by atoms with Gasteiger partial charge in [0.15, 0.2) is 0 Å². The molecule has 4 heteroatoms. The highest BCUT2D eigenvalue weighted by Crippen LogP contribution is 1.96. The topological polar surface area (TPSA) is 18.5 Å². The molecule has 0 aromatic heterocycles. The van der Waals surface area contributed by atoms with Gasteiger partial charge in [-0.2, -0.15) is 4.89 Å². The van der Waals surface area contributed by atoms with Gasteiger partial charge >= 0.3 is 0 Å². The maximum absolute atomic E-state index is 4.85. The lowest BCUT2D eigenvalue weighted by atomic mass is 10.5. The Balaban J connectivity index is 3.22. The van der Waals surface area contributed by atoms with E-state index in [0.717, 1.165) is 12.5 Å². The Labute approximate surface area is 70.3 Å². The fraction of sp³-hybridized carbons (Fsp3) is 0.833. The van der Waals surface area contributed by atoms with Crippen LogP contribution in [0, 0.1) is 0 Å². The Bertz CT molecular complexity index is 106. The molecule has 2 nitrogen and oxygen atoms in total. The van der Waals surface area contributed by atoms with Crippen LogP contribution in [-0.4, -0.2) is 21.4 Å². The highest BCUT2D eigenvalue weighted by Gasteiger charge is 1.98. The normalized spacial score (nSPS) is 10.3. The highest BCUT2D eigenvalue weighted by atomic mass is 32.1. The van der Waals surface area contributed by atoms with E-state index in [-0.39, 0.29) is 6.10 Å². The molecule has 0 heterocycles. The fourth-order valence-electron chi connectivity index (χ4n) is 0.396. The van der Waals surface area contributed by atoms with Gasteiger partial charge in [0.2, 0.25) is 5.05 Å². The van der Waals surface area contributed by atoms with Crippen molar-refractivity contribution >= 4 is 27.5 Å². The minimum absolute atomic E-state index is 0.0899. The number of hydrogen-bond donors (Lipinski definition) is 0. The molecule has 10 heavy (non-hydrogen) atoms. The van der Waals surface area contributed by atoms with Crippen molar-refractivity contribution in [3.63, 3.8) is 0 Å². The highest BCUT2D eigenvalue weighted by molar-refractivity contribution is 7.80. The summed E-state index contributed by atoms with van der Waals surface area (Å²) in [5.74, 6) is 0. The molecule has 0 aromatic carbocycles. The number of rotatable bonds is 4. The maximum Gasteiger partial charge on any atom is 0.205 e. The second-order valence-electron chi connectivity index (χ2n) is 2.35. The van der Waals surface area contributed by atoms with Gasteiger partial charge in [0.25, 0.3) is 0 Å². The van der Waals surface area contributed by atoms with E-state index in [1.807, 2.05) is 13.8 Å². The van der Waals surface area contributed by atoms with Crippen molar-refractivity contribution in [3.8, 4) is 0 Å². The van der Waals surface area contributed by atoms with Crippen molar-refractivity contribution in [2.75, 3.05) is 0 Å². The molecule has 0 aliphatic rings. The van der Waals surface area contributed by atoms with Crippen molar-refractivity contribution in [3.05, 3.63) is 0 Å². The monoisotopic (exact) mass is 178 g/mol. The van der Waals surface area contributed by atoms with Gasteiger partial charge < -0.3 is 4.89 Å². The average molecular weight is 178 g/mol. The van der Waals surface area contributed by atoms with Crippen molar-refractivity contribution in [2.24, 2.45) is 0 Å². The van der Waals surface area contributed by atoms with Crippen LogP contribution in [0.4, 0.5) is 0 Å². The molecular formula is C6H14O2SSi. The van der Waals surface area contributed by atoms with E-state index >= 15 is 0 Å². The number of hydrogen-bond acceptors (Lipinski definition) is 3. The second-order valence-corrected chi connectivity index (χ2v) is 3.81. The van der Waals surface area contributed by atoms with E-state index in [0.29, 0.717) is 5.05 Å². The molecule has 0 aromatic rings. The molecule has 0 fully saturated rings. The third-order valence-corrected chi connectivity index (χ3v) is 1.56. The van der Waals surface area contributed by atoms with Crippen molar-refractivity contribution < 1.29 is 9.78 Å². The van der Waals surface area contributed by atoms with Gasteiger partial charge in [-0.15, -0.1) is 0 Å². The first-order valence-electron chi connectivity index (χ1n) is 3.53. The van der Waals surface area contributed by atoms with Gasteiger partial charge in [0, 0.05) is 16.7 Å². The zero-order chi connectivity index (χ0) is 7.98. The minimum Gasteiger partial charge on any atom is -0.330 e. The molecule has 0 aliphatic heterocycles. The summed E-state index contributed by atoms with van der Waals surface area (Å²) in [6, 6.07) is 1.14. The molecule has 0 amide bonds. The summed E-state index contributed by atoms with van der Waals surface area (Å²) in [5, 5.41) is 0.573. The van der Waals surface area contributed by atoms with Crippen molar-refractivity contribution in [1.82, 2.24) is 0 Å². The average Bonchev–Trinajstić information content (AvgIpc) is 1.85. The van der Waals surface area contributed by atoms with Crippen LogP contribution in [0.15, 0.2) is 0 Å². The van der Waals surface area contributed by atoms with E-state index in [2.05, 4.69) is 0 Å². The molecule has 0 saturated heterocycles. The number of thiocarbonyl (C=S) groups is 1. The van der Waals surface area contributed by atoms with Gasteiger partial charge in [-0.1, -0.05) is 6.04 Å². The summed E-state index contributed by atoms with van der Waals surface area (Å²) < 4.78 is 0. The van der Waals surface area contributed by atoms with Gasteiger partial charge in [0.05, 0.1) is 6.10 Å². The molecule has 0 spiro atoms.